The molecule has 0 radical (unpaired) electrons. The molecule has 1 N–H and O–H groups in total. The molecule has 3 aromatic heterocycles. The number of aryl methyl sites for hydroxylation is 1. The number of nitrogens with one attached hydrogen (secondary N) is 1. The number of pyridine rings is 2. The predicted octanol–water partition coefficient (Wildman–Crippen LogP) is 6.03. The highest BCUT2D eigenvalue weighted by molar-refractivity contribution is 5.89. The quantitative estimate of drug-likeness (QED) is 0.246. The molecule has 0 aliphatic carbocycles. The van der Waals surface area contributed by atoms with Gasteiger partial charge in [-0.05, 0) is 54.3 Å². The van der Waals surface area contributed by atoms with E-state index in [2.05, 4.69) is 15.3 Å². The second-order valence-corrected chi connectivity index (χ2v) is 9.59. The van der Waals surface area contributed by atoms with E-state index in [0.717, 1.165) is 22.8 Å². The van der Waals surface area contributed by atoms with Crippen molar-refractivity contribution in [1.82, 2.24) is 19.1 Å². The number of alkyl halides is 2. The minimum Gasteiger partial charge on any atom is -0.378 e. The van der Waals surface area contributed by atoms with Crippen LogP contribution in [0.15, 0.2) is 64.6 Å². The first-order valence-corrected chi connectivity index (χ1v) is 12.4. The molecule has 5 rings (SSSR count). The molecule has 13 heteroatoms. The van der Waals surface area contributed by atoms with Gasteiger partial charge in [-0.3, -0.25) is 9.59 Å². The molecule has 0 fully saturated rings. The summed E-state index contributed by atoms with van der Waals surface area (Å²) < 4.78 is 86.4. The number of aromatic nitrogens is 4. The molecular formula is C29H21F6N5O2. The number of anilines is 1. The van der Waals surface area contributed by atoms with Crippen molar-refractivity contribution >= 4 is 16.5 Å². The second kappa shape index (κ2) is 10.8. The van der Waals surface area contributed by atoms with Gasteiger partial charge >= 0.3 is 0 Å². The van der Waals surface area contributed by atoms with E-state index in [9.17, 15) is 35.9 Å². The molecule has 0 bridgehead atoms. The fourth-order valence-electron chi connectivity index (χ4n) is 4.72. The van der Waals surface area contributed by atoms with Crippen molar-refractivity contribution in [3.05, 3.63) is 110 Å². The number of fused-ring (bicyclic) bond motifs is 1. The SMILES string of the molecule is C[C@@H](Nc1ccc(F)c(F)c1C(F)F)c1cc(F)cc2c(=O)n(C)c(-c3cnc(-c4ccn(C)c(=O)c4F)nc3)cc12. The molecule has 216 valence electrons. The van der Waals surface area contributed by atoms with E-state index < -0.39 is 58.1 Å². The van der Waals surface area contributed by atoms with Gasteiger partial charge in [-0.2, -0.15) is 0 Å². The maximum atomic E-state index is 14.7. The first-order chi connectivity index (χ1) is 19.9. The summed E-state index contributed by atoms with van der Waals surface area (Å²) >= 11 is 0. The smallest absolute Gasteiger partial charge is 0.287 e. The van der Waals surface area contributed by atoms with Crippen LogP contribution >= 0.6 is 0 Å². The van der Waals surface area contributed by atoms with Crippen LogP contribution < -0.4 is 16.4 Å². The third-order valence-corrected chi connectivity index (χ3v) is 6.94. The van der Waals surface area contributed by atoms with Crippen LogP contribution in [0.5, 0.6) is 0 Å². The van der Waals surface area contributed by atoms with Crippen molar-refractivity contribution in [2.45, 2.75) is 19.4 Å². The lowest BCUT2D eigenvalue weighted by Crippen LogP contribution is -2.21. The Morgan fingerprint density at radius 1 is 0.857 bits per heavy atom. The van der Waals surface area contributed by atoms with Crippen LogP contribution in [0.25, 0.3) is 33.4 Å². The molecule has 0 aliphatic heterocycles. The Morgan fingerprint density at radius 2 is 1.55 bits per heavy atom. The zero-order valence-corrected chi connectivity index (χ0v) is 22.2. The summed E-state index contributed by atoms with van der Waals surface area (Å²) in [6.45, 7) is 1.48. The van der Waals surface area contributed by atoms with Crippen LogP contribution in [0.1, 0.15) is 30.5 Å². The van der Waals surface area contributed by atoms with Gasteiger partial charge in [0.1, 0.15) is 5.82 Å². The molecule has 7 nitrogen and oxygen atoms in total. The largest absolute Gasteiger partial charge is 0.378 e. The number of halogens is 6. The van der Waals surface area contributed by atoms with E-state index in [1.807, 2.05) is 0 Å². The highest BCUT2D eigenvalue weighted by atomic mass is 19.3. The number of rotatable bonds is 6. The summed E-state index contributed by atoms with van der Waals surface area (Å²) in [5, 5.41) is 2.90. The Hall–Kier alpha value is -4.94. The molecule has 3 heterocycles. The standard InChI is InChI=1S/C29H21F6N5O2/c1-13(38-21-5-4-20(31)25(33)23(21)26(34)35)17-8-15(30)9-19-18(17)10-22(40(3)28(19)41)14-11-36-27(37-12-14)16-6-7-39(2)29(42)24(16)32/h4-13,26,38H,1-3H3/t13-/m1/s1. The molecule has 0 unspecified atom stereocenters. The van der Waals surface area contributed by atoms with Crippen LogP contribution in [0, 0.1) is 23.3 Å². The zero-order valence-electron chi connectivity index (χ0n) is 22.2. The minimum atomic E-state index is -3.34. The molecule has 0 saturated carbocycles. The van der Waals surface area contributed by atoms with Crippen molar-refractivity contribution in [3.63, 3.8) is 0 Å². The molecular weight excluding hydrogens is 564 g/mol. The van der Waals surface area contributed by atoms with Crippen molar-refractivity contribution in [1.29, 1.82) is 0 Å². The number of hydrogen-bond acceptors (Lipinski definition) is 5. The summed E-state index contributed by atoms with van der Waals surface area (Å²) in [4.78, 5) is 33.6. The van der Waals surface area contributed by atoms with Crippen molar-refractivity contribution in [2.75, 3.05) is 5.32 Å². The van der Waals surface area contributed by atoms with Crippen molar-refractivity contribution < 1.29 is 26.3 Å². The van der Waals surface area contributed by atoms with Gasteiger partial charge < -0.3 is 14.5 Å². The van der Waals surface area contributed by atoms with Gasteiger partial charge in [-0.25, -0.2) is 36.3 Å². The zero-order chi connectivity index (χ0) is 30.5. The minimum absolute atomic E-state index is 0.0241. The number of hydrogen-bond donors (Lipinski definition) is 1. The maximum Gasteiger partial charge on any atom is 0.287 e. The van der Waals surface area contributed by atoms with E-state index in [-0.39, 0.29) is 33.4 Å². The third kappa shape index (κ3) is 4.91. The molecule has 1 atom stereocenters. The molecule has 0 saturated heterocycles. The summed E-state index contributed by atoms with van der Waals surface area (Å²) in [5.41, 5.74) is -2.37. The molecule has 2 aromatic carbocycles. The van der Waals surface area contributed by atoms with Gasteiger partial charge in [-0.1, -0.05) is 0 Å². The fraction of sp³-hybridized carbons (Fsp3) is 0.172. The van der Waals surface area contributed by atoms with Crippen LogP contribution in [-0.2, 0) is 14.1 Å². The van der Waals surface area contributed by atoms with E-state index in [4.69, 9.17) is 0 Å². The normalized spacial score (nSPS) is 12.2. The molecule has 0 amide bonds. The maximum absolute atomic E-state index is 14.7. The predicted molar refractivity (Wildman–Crippen MR) is 144 cm³/mol. The van der Waals surface area contributed by atoms with Crippen LogP contribution in [0.3, 0.4) is 0 Å². The van der Waals surface area contributed by atoms with Crippen LogP contribution in [0.2, 0.25) is 0 Å². The Labute approximate surface area is 233 Å². The first kappa shape index (κ1) is 28.6. The topological polar surface area (TPSA) is 81.8 Å². The molecule has 0 spiro atoms. The first-order valence-electron chi connectivity index (χ1n) is 12.4. The lowest BCUT2D eigenvalue weighted by molar-refractivity contribution is 0.146. The highest BCUT2D eigenvalue weighted by Gasteiger charge is 2.24. The van der Waals surface area contributed by atoms with E-state index in [1.54, 1.807) is 6.07 Å². The second-order valence-electron chi connectivity index (χ2n) is 9.59. The van der Waals surface area contributed by atoms with Gasteiger partial charge in [0.2, 0.25) is 0 Å². The molecule has 5 aromatic rings. The Morgan fingerprint density at radius 3 is 2.21 bits per heavy atom. The highest BCUT2D eigenvalue weighted by Crippen LogP contribution is 2.35. The van der Waals surface area contributed by atoms with Crippen molar-refractivity contribution in [3.8, 4) is 22.6 Å². The lowest BCUT2D eigenvalue weighted by Gasteiger charge is -2.21. The van der Waals surface area contributed by atoms with E-state index >= 15 is 0 Å². The van der Waals surface area contributed by atoms with Gasteiger partial charge in [0.15, 0.2) is 23.3 Å². The third-order valence-electron chi connectivity index (χ3n) is 6.94. The average molecular weight is 586 g/mol. The van der Waals surface area contributed by atoms with Gasteiger partial charge in [0.05, 0.1) is 22.2 Å². The van der Waals surface area contributed by atoms with Gasteiger partial charge in [-0.15, -0.1) is 0 Å². The number of nitrogens with zero attached hydrogens (tertiary/aromatic N) is 4. The Balaban J connectivity index is 1.61. The molecule has 0 aliphatic rings. The fourth-order valence-corrected chi connectivity index (χ4v) is 4.72. The summed E-state index contributed by atoms with van der Waals surface area (Å²) in [6.07, 6.45) is 0.668. The van der Waals surface area contributed by atoms with E-state index in [0.29, 0.717) is 11.6 Å². The van der Waals surface area contributed by atoms with Gasteiger partial charge in [0, 0.05) is 50.0 Å². The van der Waals surface area contributed by atoms with Gasteiger partial charge in [0.25, 0.3) is 17.5 Å². The average Bonchev–Trinajstić information content (AvgIpc) is 2.95. The van der Waals surface area contributed by atoms with Crippen LogP contribution in [-0.4, -0.2) is 19.1 Å². The van der Waals surface area contributed by atoms with Crippen LogP contribution in [0.4, 0.5) is 32.0 Å². The molecule has 42 heavy (non-hydrogen) atoms. The van der Waals surface area contributed by atoms with Crippen molar-refractivity contribution in [2.24, 2.45) is 14.1 Å². The lowest BCUT2D eigenvalue weighted by atomic mass is 9.98. The number of benzene rings is 2. The van der Waals surface area contributed by atoms with E-state index in [1.165, 1.54) is 50.2 Å². The summed E-state index contributed by atoms with van der Waals surface area (Å²) in [7, 11) is 2.83. The Bertz CT molecular complexity index is 1970. The monoisotopic (exact) mass is 585 g/mol. The summed E-state index contributed by atoms with van der Waals surface area (Å²) in [6, 6.07) is 5.71. The Kier molecular flexibility index (Phi) is 7.35. The summed E-state index contributed by atoms with van der Waals surface area (Å²) in [5.74, 6) is -5.03.